The third kappa shape index (κ3) is 5.22. The van der Waals surface area contributed by atoms with E-state index in [1.54, 1.807) is 18.2 Å². The van der Waals surface area contributed by atoms with E-state index in [0.29, 0.717) is 5.41 Å². The maximum absolute atomic E-state index is 12.9. The maximum Gasteiger partial charge on any atom is 0.339 e. The summed E-state index contributed by atoms with van der Waals surface area (Å²) in [5, 5.41) is 9.49. The largest absolute Gasteiger partial charge is 0.478 e. The predicted molar refractivity (Wildman–Crippen MR) is 156 cm³/mol. The Hall–Kier alpha value is -2.10. The van der Waals surface area contributed by atoms with E-state index in [0.717, 1.165) is 54.8 Å². The molecule has 0 aromatic heterocycles. The number of esters is 1. The minimum Gasteiger partial charge on any atom is -0.478 e. The molecule has 4 aliphatic rings. The van der Waals surface area contributed by atoms with Crippen LogP contribution < -0.4 is 0 Å². The van der Waals surface area contributed by atoms with Gasteiger partial charge in [0.15, 0.2) is 0 Å². The number of fused-ring (bicyclic) bond motifs is 5. The molecule has 8 atom stereocenters. The third-order valence-corrected chi connectivity index (χ3v) is 11.9. The van der Waals surface area contributed by atoms with Crippen molar-refractivity contribution in [3.8, 4) is 0 Å². The molecular weight excluding hydrogens is 484 g/mol. The Kier molecular flexibility index (Phi) is 8.06. The van der Waals surface area contributed by atoms with Gasteiger partial charge in [0, 0.05) is 6.42 Å². The van der Waals surface area contributed by atoms with Gasteiger partial charge in [-0.1, -0.05) is 77.7 Å². The Morgan fingerprint density at radius 2 is 1.72 bits per heavy atom. The minimum atomic E-state index is -1.09. The number of ether oxygens (including phenoxy) is 1. The molecule has 5 rings (SSSR count). The van der Waals surface area contributed by atoms with Crippen LogP contribution >= 0.6 is 0 Å². The normalized spacial score (nSPS) is 36.4. The first kappa shape index (κ1) is 28.4. The lowest BCUT2D eigenvalue weighted by Crippen LogP contribution is -2.51. The number of aromatic carboxylic acids is 1. The van der Waals surface area contributed by atoms with Gasteiger partial charge < -0.3 is 9.84 Å². The van der Waals surface area contributed by atoms with Crippen molar-refractivity contribution in [3.63, 3.8) is 0 Å². The van der Waals surface area contributed by atoms with E-state index in [9.17, 15) is 14.7 Å². The SMILES string of the molecule is CC(C)CCC[C@H](C)[C@H]1CC[C@@H]2[C@@H]3CC=C4C[C@H](OC(=O)c5ccccc5C(=O)O)CC[C@]4(C)[C@@H]3CC[C@@]21C. The van der Waals surface area contributed by atoms with Crippen LogP contribution in [0.25, 0.3) is 0 Å². The van der Waals surface area contributed by atoms with Crippen molar-refractivity contribution >= 4 is 11.9 Å². The average Bonchev–Trinajstić information content (AvgIpc) is 3.26. The van der Waals surface area contributed by atoms with E-state index in [2.05, 4.69) is 40.7 Å². The highest BCUT2D eigenvalue weighted by molar-refractivity contribution is 6.02. The summed E-state index contributed by atoms with van der Waals surface area (Å²) in [5.41, 5.74) is 2.34. The molecule has 0 radical (unpaired) electrons. The van der Waals surface area contributed by atoms with Gasteiger partial charge in [0.2, 0.25) is 0 Å². The number of carbonyl (C=O) groups excluding carboxylic acids is 1. The molecule has 0 amide bonds. The highest BCUT2D eigenvalue weighted by Crippen LogP contribution is 2.67. The van der Waals surface area contributed by atoms with Gasteiger partial charge in [-0.25, -0.2) is 9.59 Å². The molecule has 1 aromatic rings. The number of benzene rings is 1. The Balaban J connectivity index is 1.26. The summed E-state index contributed by atoms with van der Waals surface area (Å²) in [6, 6.07) is 6.37. The quantitative estimate of drug-likeness (QED) is 0.267. The van der Waals surface area contributed by atoms with E-state index in [1.165, 1.54) is 63.0 Å². The van der Waals surface area contributed by atoms with E-state index in [1.807, 2.05) is 0 Å². The van der Waals surface area contributed by atoms with Gasteiger partial charge in [-0.05, 0) is 103 Å². The van der Waals surface area contributed by atoms with Gasteiger partial charge in [-0.2, -0.15) is 0 Å². The maximum atomic E-state index is 12.9. The molecule has 1 N–H and O–H groups in total. The molecule has 39 heavy (non-hydrogen) atoms. The first-order chi connectivity index (χ1) is 18.5. The number of carboxylic acids is 1. The molecular formula is C35H50O4. The van der Waals surface area contributed by atoms with Gasteiger partial charge in [0.25, 0.3) is 0 Å². The van der Waals surface area contributed by atoms with Crippen molar-refractivity contribution in [3.05, 3.63) is 47.0 Å². The summed E-state index contributed by atoms with van der Waals surface area (Å²) in [5.74, 6) is 3.26. The van der Waals surface area contributed by atoms with Gasteiger partial charge in [-0.15, -0.1) is 0 Å². The standard InChI is InChI=1S/C35H50O4/c1-22(2)9-8-10-23(3)29-15-16-30-28-14-13-24-21-25(17-19-34(24,4)31(28)18-20-35(29,30)5)39-33(38)27-12-7-6-11-26(27)32(36)37/h6-7,11-13,22-23,25,28-31H,8-10,14-21H2,1-5H3,(H,36,37)/t23-,25+,28-,29+,30+,31+,34-,35+/m0/s1. The topological polar surface area (TPSA) is 63.6 Å². The summed E-state index contributed by atoms with van der Waals surface area (Å²) in [6.45, 7) is 12.4. The van der Waals surface area contributed by atoms with Crippen LogP contribution in [-0.4, -0.2) is 23.1 Å². The molecule has 3 fully saturated rings. The van der Waals surface area contributed by atoms with Crippen molar-refractivity contribution < 1.29 is 19.4 Å². The van der Waals surface area contributed by atoms with Crippen LogP contribution in [0.2, 0.25) is 0 Å². The number of allylic oxidation sites excluding steroid dienone is 1. The highest BCUT2D eigenvalue weighted by Gasteiger charge is 2.59. The zero-order chi connectivity index (χ0) is 27.9. The first-order valence-electron chi connectivity index (χ1n) is 15.8. The second-order valence-corrected chi connectivity index (χ2v) is 14.4. The Morgan fingerprint density at radius 3 is 2.44 bits per heavy atom. The van der Waals surface area contributed by atoms with Gasteiger partial charge in [-0.3, -0.25) is 0 Å². The van der Waals surface area contributed by atoms with Crippen molar-refractivity contribution in [2.24, 2.45) is 46.3 Å². The molecule has 0 spiro atoms. The molecule has 0 bridgehead atoms. The van der Waals surface area contributed by atoms with E-state index in [-0.39, 0.29) is 22.6 Å². The van der Waals surface area contributed by atoms with Crippen molar-refractivity contribution in [2.45, 2.75) is 111 Å². The Bertz CT molecular complexity index is 1100. The summed E-state index contributed by atoms with van der Waals surface area (Å²) >= 11 is 0. The Morgan fingerprint density at radius 1 is 0.974 bits per heavy atom. The summed E-state index contributed by atoms with van der Waals surface area (Å²) in [4.78, 5) is 24.5. The van der Waals surface area contributed by atoms with Gasteiger partial charge in [0.05, 0.1) is 11.1 Å². The average molecular weight is 535 g/mol. The van der Waals surface area contributed by atoms with Crippen LogP contribution in [-0.2, 0) is 4.74 Å². The molecule has 214 valence electrons. The number of hydrogen-bond acceptors (Lipinski definition) is 3. The first-order valence-corrected chi connectivity index (χ1v) is 15.8. The lowest BCUT2D eigenvalue weighted by atomic mass is 9.47. The van der Waals surface area contributed by atoms with Crippen LogP contribution in [0.3, 0.4) is 0 Å². The minimum absolute atomic E-state index is 0.0113. The number of hydrogen-bond donors (Lipinski definition) is 1. The predicted octanol–water partition coefficient (Wildman–Crippen LogP) is 8.95. The molecule has 0 unspecified atom stereocenters. The molecule has 3 saturated carbocycles. The molecule has 0 saturated heterocycles. The van der Waals surface area contributed by atoms with E-state index in [4.69, 9.17) is 4.74 Å². The molecule has 4 heteroatoms. The second-order valence-electron chi connectivity index (χ2n) is 14.4. The molecule has 0 aliphatic heterocycles. The number of carboxylic acid groups (broad SMARTS) is 1. The van der Waals surface area contributed by atoms with E-state index >= 15 is 0 Å². The molecule has 0 heterocycles. The molecule has 1 aromatic carbocycles. The van der Waals surface area contributed by atoms with Crippen LogP contribution in [0, 0.1) is 46.3 Å². The van der Waals surface area contributed by atoms with Crippen molar-refractivity contribution in [2.75, 3.05) is 0 Å². The van der Waals surface area contributed by atoms with Crippen LogP contribution in [0.4, 0.5) is 0 Å². The second kappa shape index (κ2) is 11.1. The summed E-state index contributed by atoms with van der Waals surface area (Å²) in [6.07, 6.45) is 15.9. The fourth-order valence-corrected chi connectivity index (χ4v) is 9.82. The highest BCUT2D eigenvalue weighted by atomic mass is 16.5. The van der Waals surface area contributed by atoms with Gasteiger partial charge >= 0.3 is 11.9 Å². The van der Waals surface area contributed by atoms with E-state index < -0.39 is 11.9 Å². The smallest absolute Gasteiger partial charge is 0.339 e. The number of carbonyl (C=O) groups is 2. The van der Waals surface area contributed by atoms with Crippen LogP contribution in [0.1, 0.15) is 126 Å². The summed E-state index contributed by atoms with van der Waals surface area (Å²) in [7, 11) is 0. The summed E-state index contributed by atoms with van der Waals surface area (Å²) < 4.78 is 5.93. The zero-order valence-corrected chi connectivity index (χ0v) is 24.9. The fraction of sp³-hybridized carbons (Fsp3) is 0.714. The van der Waals surface area contributed by atoms with Crippen molar-refractivity contribution in [1.82, 2.24) is 0 Å². The lowest BCUT2D eigenvalue weighted by Gasteiger charge is -2.58. The number of rotatable bonds is 8. The molecule has 4 nitrogen and oxygen atoms in total. The van der Waals surface area contributed by atoms with Crippen molar-refractivity contribution in [1.29, 1.82) is 0 Å². The lowest BCUT2D eigenvalue weighted by molar-refractivity contribution is -0.0594. The third-order valence-electron chi connectivity index (χ3n) is 11.9. The fourth-order valence-electron chi connectivity index (χ4n) is 9.82. The van der Waals surface area contributed by atoms with Crippen LogP contribution in [0.5, 0.6) is 0 Å². The van der Waals surface area contributed by atoms with Crippen LogP contribution in [0.15, 0.2) is 35.9 Å². The molecule has 4 aliphatic carbocycles. The Labute approximate surface area is 236 Å². The zero-order valence-electron chi connectivity index (χ0n) is 24.9. The van der Waals surface area contributed by atoms with Gasteiger partial charge in [0.1, 0.15) is 6.10 Å². The monoisotopic (exact) mass is 534 g/mol.